The van der Waals surface area contributed by atoms with Gasteiger partial charge in [-0.05, 0) is 12.8 Å². The summed E-state index contributed by atoms with van der Waals surface area (Å²) in [6.07, 6.45) is 43.0. The average molecular weight is 667 g/mol. The Bertz CT molecular complexity index is 637. The molecule has 0 aromatic heterocycles. The third-order valence-electron chi connectivity index (χ3n) is 9.59. The molecule has 1 N–H and O–H groups in total. The molecule has 5 heteroatoms. The number of esters is 2. The predicted octanol–water partition coefficient (Wildman–Crippen LogP) is 13.1. The Balaban J connectivity index is 3.36. The maximum atomic E-state index is 12.0. The first-order chi connectivity index (χ1) is 23.1. The molecule has 0 aromatic carbocycles. The lowest BCUT2D eigenvalue weighted by Crippen LogP contribution is -2.25. The van der Waals surface area contributed by atoms with Gasteiger partial charge in [0.15, 0.2) is 0 Å². The molecule has 0 fully saturated rings. The van der Waals surface area contributed by atoms with Gasteiger partial charge in [0.2, 0.25) is 0 Å². The van der Waals surface area contributed by atoms with Crippen molar-refractivity contribution in [2.45, 2.75) is 245 Å². The van der Waals surface area contributed by atoms with Crippen LogP contribution in [0.15, 0.2) is 0 Å². The molecule has 0 saturated heterocycles. The zero-order valence-electron chi connectivity index (χ0n) is 31.8. The Morgan fingerprint density at radius 2 is 0.553 bits per heavy atom. The highest BCUT2D eigenvalue weighted by molar-refractivity contribution is 5.69. The minimum absolute atomic E-state index is 0.107. The molecule has 0 heterocycles. The van der Waals surface area contributed by atoms with Crippen LogP contribution < -0.4 is 0 Å². The van der Waals surface area contributed by atoms with E-state index < -0.39 is 6.10 Å². The lowest BCUT2D eigenvalue weighted by molar-refractivity contribution is -0.152. The average Bonchev–Trinajstić information content (AvgIpc) is 3.07. The predicted molar refractivity (Wildman–Crippen MR) is 201 cm³/mol. The van der Waals surface area contributed by atoms with E-state index in [9.17, 15) is 14.7 Å². The van der Waals surface area contributed by atoms with Crippen LogP contribution in [0.1, 0.15) is 239 Å². The van der Waals surface area contributed by atoms with Crippen molar-refractivity contribution in [3.63, 3.8) is 0 Å². The number of carbonyl (C=O) groups excluding carboxylic acids is 2. The van der Waals surface area contributed by atoms with Crippen molar-refractivity contribution in [3.05, 3.63) is 0 Å². The van der Waals surface area contributed by atoms with Gasteiger partial charge in [0, 0.05) is 12.8 Å². The monoisotopic (exact) mass is 667 g/mol. The van der Waals surface area contributed by atoms with Gasteiger partial charge in [-0.1, -0.05) is 213 Å². The molecule has 0 aliphatic rings. The molecule has 47 heavy (non-hydrogen) atoms. The summed E-state index contributed by atoms with van der Waals surface area (Å²) in [5.74, 6) is -0.548. The number of aliphatic hydroxyl groups is 1. The second kappa shape index (κ2) is 39.3. The summed E-state index contributed by atoms with van der Waals surface area (Å²) >= 11 is 0. The molecule has 0 aromatic rings. The molecule has 0 aliphatic heterocycles. The Labute approximate surface area is 293 Å². The van der Waals surface area contributed by atoms with Crippen molar-refractivity contribution in [2.75, 3.05) is 13.2 Å². The van der Waals surface area contributed by atoms with Gasteiger partial charge in [0.05, 0.1) is 0 Å². The van der Waals surface area contributed by atoms with Crippen LogP contribution in [0.25, 0.3) is 0 Å². The van der Waals surface area contributed by atoms with Crippen LogP contribution in [0.2, 0.25) is 0 Å². The zero-order chi connectivity index (χ0) is 34.3. The van der Waals surface area contributed by atoms with Crippen molar-refractivity contribution < 1.29 is 24.2 Å². The third kappa shape index (κ3) is 39.2. The molecule has 0 unspecified atom stereocenters. The van der Waals surface area contributed by atoms with E-state index in [1.54, 1.807) is 0 Å². The summed E-state index contributed by atoms with van der Waals surface area (Å²) in [7, 11) is 0. The number of ether oxygens (including phenoxy) is 2. The second-order valence-corrected chi connectivity index (χ2v) is 14.5. The molecule has 0 radical (unpaired) electrons. The highest BCUT2D eigenvalue weighted by atomic mass is 16.6. The number of carbonyl (C=O) groups is 2. The molecular formula is C42H82O5. The van der Waals surface area contributed by atoms with Gasteiger partial charge in [-0.3, -0.25) is 9.59 Å². The SMILES string of the molecule is CCCCCCCCCCCCCCCCCCCCC(=O)OC[C@H](O)COC(=O)CCCCCCCCCCCCCCCCC. The molecule has 1 atom stereocenters. The molecule has 0 spiro atoms. The van der Waals surface area contributed by atoms with Gasteiger partial charge in [0.25, 0.3) is 0 Å². The van der Waals surface area contributed by atoms with Crippen LogP contribution in [0, 0.1) is 0 Å². The van der Waals surface area contributed by atoms with Gasteiger partial charge < -0.3 is 14.6 Å². The van der Waals surface area contributed by atoms with E-state index in [0.29, 0.717) is 12.8 Å². The Morgan fingerprint density at radius 1 is 0.362 bits per heavy atom. The summed E-state index contributed by atoms with van der Waals surface area (Å²) in [5, 5.41) is 10.0. The van der Waals surface area contributed by atoms with Crippen LogP contribution in [0.3, 0.4) is 0 Å². The first-order valence-corrected chi connectivity index (χ1v) is 21.1. The lowest BCUT2D eigenvalue weighted by Gasteiger charge is -2.12. The molecule has 0 bridgehead atoms. The van der Waals surface area contributed by atoms with E-state index in [2.05, 4.69) is 13.8 Å². The minimum Gasteiger partial charge on any atom is -0.463 e. The second-order valence-electron chi connectivity index (χ2n) is 14.5. The normalized spacial score (nSPS) is 12.0. The quantitative estimate of drug-likeness (QED) is 0.0522. The van der Waals surface area contributed by atoms with E-state index >= 15 is 0 Å². The molecular weight excluding hydrogens is 584 g/mol. The van der Waals surface area contributed by atoms with Crippen molar-refractivity contribution in [1.82, 2.24) is 0 Å². The molecule has 5 nitrogen and oxygen atoms in total. The van der Waals surface area contributed by atoms with Crippen LogP contribution in [-0.4, -0.2) is 36.4 Å². The number of aliphatic hydroxyl groups excluding tert-OH is 1. The van der Waals surface area contributed by atoms with Gasteiger partial charge in [-0.25, -0.2) is 0 Å². The number of unbranched alkanes of at least 4 members (excludes halogenated alkanes) is 31. The fraction of sp³-hybridized carbons (Fsp3) is 0.952. The Morgan fingerprint density at radius 3 is 0.766 bits per heavy atom. The largest absolute Gasteiger partial charge is 0.463 e. The van der Waals surface area contributed by atoms with Crippen LogP contribution in [0.5, 0.6) is 0 Å². The number of hydrogen-bond donors (Lipinski definition) is 1. The fourth-order valence-corrected chi connectivity index (χ4v) is 6.38. The summed E-state index contributed by atoms with van der Waals surface area (Å²) in [6.45, 7) is 4.34. The topological polar surface area (TPSA) is 72.8 Å². The van der Waals surface area contributed by atoms with Crippen LogP contribution >= 0.6 is 0 Å². The maximum absolute atomic E-state index is 12.0. The minimum atomic E-state index is -0.954. The molecule has 0 rings (SSSR count). The highest BCUT2D eigenvalue weighted by Gasteiger charge is 2.12. The smallest absolute Gasteiger partial charge is 0.305 e. The standard InChI is InChI=1S/C42H82O5/c1-3-5-7-9-11-13-15-17-19-20-21-23-25-27-29-31-33-35-37-42(45)47-39-40(43)38-46-41(44)36-34-32-30-28-26-24-22-18-16-14-12-10-8-6-4-2/h40,43H,3-39H2,1-2H3/t40-/m1/s1. The maximum Gasteiger partial charge on any atom is 0.305 e. The van der Waals surface area contributed by atoms with Crippen molar-refractivity contribution >= 4 is 11.9 Å². The van der Waals surface area contributed by atoms with Crippen LogP contribution in [0.4, 0.5) is 0 Å². The molecule has 280 valence electrons. The first-order valence-electron chi connectivity index (χ1n) is 21.1. The molecule has 0 saturated carbocycles. The fourth-order valence-electron chi connectivity index (χ4n) is 6.38. The lowest BCUT2D eigenvalue weighted by atomic mass is 10.0. The summed E-state index contributed by atoms with van der Waals surface area (Å²) in [4.78, 5) is 24.0. The highest BCUT2D eigenvalue weighted by Crippen LogP contribution is 2.16. The van der Waals surface area contributed by atoms with Crippen molar-refractivity contribution in [2.24, 2.45) is 0 Å². The summed E-state index contributed by atoms with van der Waals surface area (Å²) < 4.78 is 10.4. The summed E-state index contributed by atoms with van der Waals surface area (Å²) in [5.41, 5.74) is 0. The van der Waals surface area contributed by atoms with Gasteiger partial charge in [0.1, 0.15) is 19.3 Å². The van der Waals surface area contributed by atoms with E-state index in [1.807, 2.05) is 0 Å². The summed E-state index contributed by atoms with van der Waals surface area (Å²) in [6, 6.07) is 0. The number of rotatable bonds is 39. The van der Waals surface area contributed by atoms with Gasteiger partial charge in [-0.15, -0.1) is 0 Å². The first kappa shape index (κ1) is 45.9. The van der Waals surface area contributed by atoms with E-state index in [-0.39, 0.29) is 25.2 Å². The Kier molecular flexibility index (Phi) is 38.4. The van der Waals surface area contributed by atoms with E-state index in [4.69, 9.17) is 9.47 Å². The van der Waals surface area contributed by atoms with Crippen LogP contribution in [-0.2, 0) is 19.1 Å². The zero-order valence-corrected chi connectivity index (χ0v) is 31.8. The van der Waals surface area contributed by atoms with Crippen molar-refractivity contribution in [3.8, 4) is 0 Å². The van der Waals surface area contributed by atoms with Gasteiger partial charge >= 0.3 is 11.9 Å². The molecule has 0 aliphatic carbocycles. The van der Waals surface area contributed by atoms with Gasteiger partial charge in [-0.2, -0.15) is 0 Å². The van der Waals surface area contributed by atoms with E-state index in [0.717, 1.165) is 25.7 Å². The number of hydrogen-bond acceptors (Lipinski definition) is 5. The van der Waals surface area contributed by atoms with E-state index in [1.165, 1.54) is 186 Å². The third-order valence-corrected chi connectivity index (χ3v) is 9.59. The van der Waals surface area contributed by atoms with Crippen molar-refractivity contribution in [1.29, 1.82) is 0 Å². The Hall–Kier alpha value is -1.10. The molecule has 0 amide bonds.